The van der Waals surface area contributed by atoms with Gasteiger partial charge in [0.2, 0.25) is 5.82 Å². The van der Waals surface area contributed by atoms with Crippen LogP contribution < -0.4 is 4.34 Å². The van der Waals surface area contributed by atoms with Crippen LogP contribution in [0.5, 0.6) is 0 Å². The Labute approximate surface area is 82.9 Å². The van der Waals surface area contributed by atoms with Gasteiger partial charge in [-0.1, -0.05) is 0 Å². The lowest BCUT2D eigenvalue weighted by molar-refractivity contribution is 0.881. The van der Waals surface area contributed by atoms with E-state index in [1.54, 1.807) is 0 Å². The number of rotatable bonds is 2. The lowest BCUT2D eigenvalue weighted by atomic mass is 10.2. The molecule has 0 spiro atoms. The van der Waals surface area contributed by atoms with E-state index in [2.05, 4.69) is 41.1 Å². The van der Waals surface area contributed by atoms with Crippen LogP contribution in [0.1, 0.15) is 0 Å². The molecule has 2 N–H and O–H groups in total. The Morgan fingerprint density at radius 1 is 1.23 bits per heavy atom. The van der Waals surface area contributed by atoms with Crippen molar-refractivity contribution in [2.24, 2.45) is 0 Å². The summed E-state index contributed by atoms with van der Waals surface area (Å²) in [6.45, 7) is 0. The summed E-state index contributed by atoms with van der Waals surface area (Å²) in [7, 11) is 0. The van der Waals surface area contributed by atoms with Crippen molar-refractivity contribution in [1.29, 1.82) is 0 Å². The first kappa shape index (κ1) is 8.18. The maximum atomic E-state index is 3.86. The zero-order valence-electron chi connectivity index (χ0n) is 6.53. The van der Waals surface area contributed by atoms with E-state index in [1.165, 1.54) is 0 Å². The van der Waals surface area contributed by atoms with Crippen molar-refractivity contribution in [2.75, 3.05) is 4.34 Å². The van der Waals surface area contributed by atoms with Crippen molar-refractivity contribution in [2.45, 2.75) is 0 Å². The minimum Gasteiger partial charge on any atom is -0.322 e. The summed E-state index contributed by atoms with van der Waals surface area (Å²) in [6.07, 6.45) is 0. The molecule has 2 rings (SSSR count). The molecule has 13 heavy (non-hydrogen) atoms. The summed E-state index contributed by atoms with van der Waals surface area (Å²) in [5, 5.41) is 13.6. The van der Waals surface area contributed by atoms with E-state index in [4.69, 9.17) is 0 Å². The molecule has 0 fully saturated rings. The fraction of sp³-hybridized carbons (Fsp3) is 0. The molecule has 66 valence electrons. The highest BCUT2D eigenvalue weighted by Crippen LogP contribution is 2.17. The maximum Gasteiger partial charge on any atom is 0.204 e. The van der Waals surface area contributed by atoms with Crippen LogP contribution in [-0.2, 0) is 0 Å². The van der Waals surface area contributed by atoms with E-state index in [0.29, 0.717) is 5.82 Å². The van der Waals surface area contributed by atoms with E-state index in [-0.39, 0.29) is 0 Å². The number of H-pyrrole nitrogens is 1. The first-order valence-electron chi connectivity index (χ1n) is 3.60. The second-order valence-corrected chi connectivity index (χ2v) is 2.80. The number of nitrogens with one attached hydrogen (secondary N) is 2. The van der Waals surface area contributed by atoms with Gasteiger partial charge in [0.15, 0.2) is 0 Å². The van der Waals surface area contributed by atoms with E-state index in [0.717, 1.165) is 11.3 Å². The van der Waals surface area contributed by atoms with Crippen molar-refractivity contribution < 1.29 is 0 Å². The van der Waals surface area contributed by atoms with Crippen LogP contribution in [-0.4, -0.2) is 20.6 Å². The third-order valence-corrected chi connectivity index (χ3v) is 2.06. The van der Waals surface area contributed by atoms with Gasteiger partial charge in [-0.05, 0) is 29.5 Å². The van der Waals surface area contributed by atoms with Gasteiger partial charge in [0.25, 0.3) is 0 Å². The van der Waals surface area contributed by atoms with Crippen LogP contribution in [0.15, 0.2) is 24.3 Å². The highest BCUT2D eigenvalue weighted by molar-refractivity contribution is 9.10. The van der Waals surface area contributed by atoms with Crippen molar-refractivity contribution in [1.82, 2.24) is 20.6 Å². The monoisotopic (exact) mass is 239 g/mol. The van der Waals surface area contributed by atoms with Gasteiger partial charge >= 0.3 is 0 Å². The Hall–Kier alpha value is -1.43. The second-order valence-electron chi connectivity index (χ2n) is 2.41. The molecule has 0 amide bonds. The number of tetrazole rings is 1. The molecule has 0 aliphatic rings. The van der Waals surface area contributed by atoms with Gasteiger partial charge in [0.1, 0.15) is 0 Å². The number of aromatic amines is 1. The Balaban J connectivity index is 2.33. The predicted molar refractivity (Wildman–Crippen MR) is 52.2 cm³/mol. The smallest absolute Gasteiger partial charge is 0.204 e. The fourth-order valence-electron chi connectivity index (χ4n) is 0.966. The number of hydrogen-bond donors (Lipinski definition) is 2. The Bertz CT molecular complexity index is 368. The Morgan fingerprint density at radius 2 is 2.00 bits per heavy atom. The molecule has 6 heteroatoms. The highest BCUT2D eigenvalue weighted by atomic mass is 79.9. The molecule has 0 aliphatic heterocycles. The van der Waals surface area contributed by atoms with Gasteiger partial charge in [-0.3, -0.25) is 0 Å². The normalized spacial score (nSPS) is 9.92. The quantitative estimate of drug-likeness (QED) is 0.782. The summed E-state index contributed by atoms with van der Waals surface area (Å²) < 4.78 is 2.85. The summed E-state index contributed by atoms with van der Waals surface area (Å²) in [6, 6.07) is 7.66. The third kappa shape index (κ3) is 1.67. The van der Waals surface area contributed by atoms with Crippen LogP contribution in [0.25, 0.3) is 11.4 Å². The number of aromatic nitrogens is 4. The minimum atomic E-state index is 0.598. The number of hydrogen-bond acceptors (Lipinski definition) is 4. The molecule has 2 aromatic rings. The number of halogens is 1. The molecule has 0 aliphatic carbocycles. The molecule has 0 saturated carbocycles. The molecule has 1 aromatic heterocycles. The SMILES string of the molecule is BrNc1ccc(-c2nn[nH]n2)cc1. The van der Waals surface area contributed by atoms with Crippen molar-refractivity contribution in [3.05, 3.63) is 24.3 Å². The molecule has 1 heterocycles. The van der Waals surface area contributed by atoms with E-state index >= 15 is 0 Å². The Morgan fingerprint density at radius 3 is 2.54 bits per heavy atom. The topological polar surface area (TPSA) is 66.5 Å². The first-order chi connectivity index (χ1) is 6.40. The number of benzene rings is 1. The van der Waals surface area contributed by atoms with Crippen LogP contribution in [0.2, 0.25) is 0 Å². The largest absolute Gasteiger partial charge is 0.322 e. The molecule has 0 atom stereocenters. The Kier molecular flexibility index (Phi) is 2.22. The number of nitrogens with zero attached hydrogens (tertiary/aromatic N) is 3. The predicted octanol–water partition coefficient (Wildman–Crippen LogP) is 1.59. The summed E-state index contributed by atoms with van der Waals surface area (Å²) in [5.41, 5.74) is 1.91. The average molecular weight is 240 g/mol. The maximum absolute atomic E-state index is 3.86. The van der Waals surface area contributed by atoms with Gasteiger partial charge in [-0.15, -0.1) is 10.2 Å². The van der Waals surface area contributed by atoms with Crippen LogP contribution >= 0.6 is 16.1 Å². The third-order valence-electron chi connectivity index (χ3n) is 1.60. The lowest BCUT2D eigenvalue weighted by Gasteiger charge is -1.97. The average Bonchev–Trinajstić information content (AvgIpc) is 2.71. The van der Waals surface area contributed by atoms with Crippen LogP contribution in [0.4, 0.5) is 5.69 Å². The molecule has 1 aromatic carbocycles. The van der Waals surface area contributed by atoms with E-state index < -0.39 is 0 Å². The van der Waals surface area contributed by atoms with Crippen molar-refractivity contribution in [3.63, 3.8) is 0 Å². The highest BCUT2D eigenvalue weighted by Gasteiger charge is 2.00. The van der Waals surface area contributed by atoms with Gasteiger partial charge in [-0.25, -0.2) is 0 Å². The zero-order chi connectivity index (χ0) is 9.10. The van der Waals surface area contributed by atoms with Crippen molar-refractivity contribution in [3.8, 4) is 11.4 Å². The van der Waals surface area contributed by atoms with Gasteiger partial charge in [0, 0.05) is 27.4 Å². The van der Waals surface area contributed by atoms with Gasteiger partial charge in [0.05, 0.1) is 0 Å². The summed E-state index contributed by atoms with van der Waals surface area (Å²) in [5.74, 6) is 0.598. The molecule has 0 bridgehead atoms. The van der Waals surface area contributed by atoms with Crippen molar-refractivity contribution >= 4 is 21.8 Å². The van der Waals surface area contributed by atoms with Crippen LogP contribution in [0.3, 0.4) is 0 Å². The zero-order valence-corrected chi connectivity index (χ0v) is 8.12. The summed E-state index contributed by atoms with van der Waals surface area (Å²) in [4.78, 5) is 0. The second kappa shape index (κ2) is 3.53. The molecule has 0 saturated heterocycles. The number of anilines is 1. The van der Waals surface area contributed by atoms with Gasteiger partial charge < -0.3 is 4.34 Å². The standard InChI is InChI=1S/C7H6BrN5/c8-9-6-3-1-5(2-4-6)7-10-12-13-11-7/h1-4,9H,(H,10,11,12,13). The molecule has 0 unspecified atom stereocenters. The van der Waals surface area contributed by atoms with Crippen LogP contribution in [0, 0.1) is 0 Å². The van der Waals surface area contributed by atoms with E-state index in [1.807, 2.05) is 24.3 Å². The molecule has 5 nitrogen and oxygen atoms in total. The fourth-order valence-corrected chi connectivity index (χ4v) is 1.23. The van der Waals surface area contributed by atoms with E-state index in [9.17, 15) is 0 Å². The summed E-state index contributed by atoms with van der Waals surface area (Å²) >= 11 is 3.13. The first-order valence-corrected chi connectivity index (χ1v) is 4.40. The lowest BCUT2D eigenvalue weighted by Crippen LogP contribution is -1.82. The minimum absolute atomic E-state index is 0.598. The molecular weight excluding hydrogens is 234 g/mol. The van der Waals surface area contributed by atoms with Gasteiger partial charge in [-0.2, -0.15) is 5.21 Å². The molecular formula is C7H6BrN5. The molecule has 0 radical (unpaired) electrons.